The Morgan fingerprint density at radius 1 is 1.23 bits per heavy atom. The van der Waals surface area contributed by atoms with Gasteiger partial charge in [0.15, 0.2) is 5.82 Å². The fourth-order valence-electron chi connectivity index (χ4n) is 2.60. The minimum atomic E-state index is -4.82. The van der Waals surface area contributed by atoms with Crippen LogP contribution < -0.4 is 5.32 Å². The minimum Gasteiger partial charge on any atom is -0.378 e. The lowest BCUT2D eigenvalue weighted by Crippen LogP contribution is -2.15. The highest BCUT2D eigenvalue weighted by Gasteiger charge is 2.36. The Labute approximate surface area is 210 Å². The smallest absolute Gasteiger partial charge is 0.378 e. The van der Waals surface area contributed by atoms with Gasteiger partial charge in [0, 0.05) is 5.56 Å². The van der Waals surface area contributed by atoms with Gasteiger partial charge in [-0.2, -0.15) is 17.9 Å². The molecule has 0 unspecified atom stereocenters. The molecule has 0 fully saturated rings. The van der Waals surface area contributed by atoms with Gasteiger partial charge in [0.25, 0.3) is 0 Å². The van der Waals surface area contributed by atoms with Gasteiger partial charge >= 0.3 is 6.18 Å². The largest absolute Gasteiger partial charge is 0.417 e. The van der Waals surface area contributed by atoms with E-state index in [-0.39, 0.29) is 21.6 Å². The lowest BCUT2D eigenvalue weighted by molar-refractivity contribution is -0.137. The Morgan fingerprint density at radius 3 is 2.57 bits per heavy atom. The molecule has 0 radical (unpaired) electrons. The monoisotopic (exact) mass is 547 g/mol. The van der Waals surface area contributed by atoms with E-state index in [1.807, 2.05) is 0 Å². The summed E-state index contributed by atoms with van der Waals surface area (Å²) in [4.78, 5) is 12.4. The molecule has 35 heavy (non-hydrogen) atoms. The normalized spacial score (nSPS) is 11.7. The molecule has 0 aliphatic heterocycles. The molecule has 7 nitrogen and oxygen atoms in total. The maximum Gasteiger partial charge on any atom is 0.417 e. The average Bonchev–Trinajstić information content (AvgIpc) is 3.19. The van der Waals surface area contributed by atoms with Crippen molar-refractivity contribution in [2.24, 2.45) is 0 Å². The van der Waals surface area contributed by atoms with Crippen LogP contribution >= 0.6 is 35.0 Å². The summed E-state index contributed by atoms with van der Waals surface area (Å²) in [5, 5.41) is 21.8. The van der Waals surface area contributed by atoms with Crippen LogP contribution in [0.2, 0.25) is 10.0 Å². The van der Waals surface area contributed by atoms with E-state index < -0.39 is 39.8 Å². The van der Waals surface area contributed by atoms with Crippen LogP contribution in [0.4, 0.5) is 23.2 Å². The molecule has 0 atom stereocenters. The Kier molecular flexibility index (Phi) is 7.96. The third-order valence-corrected chi connectivity index (χ3v) is 5.73. The zero-order chi connectivity index (χ0) is 26.0. The molecule has 0 aliphatic carbocycles. The van der Waals surface area contributed by atoms with Crippen LogP contribution in [0.25, 0.3) is 5.69 Å². The number of nitrogens with zero attached hydrogens (tertiary/aromatic N) is 4. The predicted molar refractivity (Wildman–Crippen MR) is 123 cm³/mol. The van der Waals surface area contributed by atoms with Gasteiger partial charge < -0.3 is 10.4 Å². The molecule has 1 aromatic heterocycles. The van der Waals surface area contributed by atoms with E-state index in [2.05, 4.69) is 32.7 Å². The van der Waals surface area contributed by atoms with Crippen molar-refractivity contribution in [1.29, 1.82) is 0 Å². The van der Waals surface area contributed by atoms with Crippen molar-refractivity contribution in [2.75, 3.05) is 11.1 Å². The Bertz CT molecular complexity index is 1330. The first-order valence-electron chi connectivity index (χ1n) is 9.58. The molecular weight excluding hydrogens is 533 g/mol. The fraction of sp³-hybridized carbons (Fsp3) is 0.238. The highest BCUT2D eigenvalue weighted by Crippen LogP contribution is 2.39. The van der Waals surface area contributed by atoms with Crippen LogP contribution in [0, 0.1) is 17.7 Å². The summed E-state index contributed by atoms with van der Waals surface area (Å²) >= 11 is 12.7. The number of halogens is 6. The Balaban J connectivity index is 1.74. The van der Waals surface area contributed by atoms with Crippen molar-refractivity contribution < 1.29 is 27.5 Å². The molecule has 14 heteroatoms. The van der Waals surface area contributed by atoms with E-state index in [4.69, 9.17) is 23.2 Å². The van der Waals surface area contributed by atoms with Crippen LogP contribution in [0.15, 0.2) is 35.5 Å². The van der Waals surface area contributed by atoms with Crippen LogP contribution in [0.1, 0.15) is 25.0 Å². The van der Waals surface area contributed by atoms with Crippen LogP contribution in [-0.4, -0.2) is 42.6 Å². The number of rotatable bonds is 5. The molecule has 2 N–H and O–H groups in total. The Morgan fingerprint density at radius 2 is 1.94 bits per heavy atom. The second kappa shape index (κ2) is 10.4. The molecule has 3 aromatic rings. The van der Waals surface area contributed by atoms with Gasteiger partial charge in [0.05, 0.1) is 27.0 Å². The van der Waals surface area contributed by atoms with Crippen LogP contribution in [0.5, 0.6) is 0 Å². The van der Waals surface area contributed by atoms with E-state index >= 15 is 0 Å². The molecule has 0 aliphatic rings. The third-order valence-electron chi connectivity index (χ3n) is 4.11. The van der Waals surface area contributed by atoms with Crippen molar-refractivity contribution in [3.63, 3.8) is 0 Å². The summed E-state index contributed by atoms with van der Waals surface area (Å²) in [6.45, 7) is 3.05. The van der Waals surface area contributed by atoms with Crippen LogP contribution in [0.3, 0.4) is 0 Å². The number of hydrogen-bond donors (Lipinski definition) is 2. The first kappa shape index (κ1) is 26.7. The van der Waals surface area contributed by atoms with Gasteiger partial charge in [0.2, 0.25) is 11.1 Å². The second-order valence-corrected chi connectivity index (χ2v) is 9.20. The topological polar surface area (TPSA) is 92.9 Å². The van der Waals surface area contributed by atoms with Crippen molar-refractivity contribution >= 4 is 46.6 Å². The van der Waals surface area contributed by atoms with E-state index in [9.17, 15) is 27.5 Å². The van der Waals surface area contributed by atoms with Gasteiger partial charge in [-0.3, -0.25) is 4.79 Å². The van der Waals surface area contributed by atoms with Crippen molar-refractivity contribution in [1.82, 2.24) is 20.2 Å². The molecule has 0 bridgehead atoms. The van der Waals surface area contributed by atoms with Crippen molar-refractivity contribution in [3.8, 4) is 17.5 Å². The first-order chi connectivity index (χ1) is 16.3. The third kappa shape index (κ3) is 6.85. The highest BCUT2D eigenvalue weighted by molar-refractivity contribution is 7.99. The molecule has 1 heterocycles. The predicted octanol–water partition coefficient (Wildman–Crippen LogP) is 4.98. The number of anilines is 1. The number of nitrogens with one attached hydrogen (secondary N) is 1. The zero-order valence-corrected chi connectivity index (χ0v) is 20.2. The highest BCUT2D eigenvalue weighted by atomic mass is 35.5. The molecule has 2 aromatic carbocycles. The fourth-order valence-corrected chi connectivity index (χ4v) is 3.84. The van der Waals surface area contributed by atoms with E-state index in [0.717, 1.165) is 11.8 Å². The van der Waals surface area contributed by atoms with Gasteiger partial charge in [-0.1, -0.05) is 46.8 Å². The number of carbonyl (C=O) groups excluding carboxylic acids is 1. The number of amides is 1. The average molecular weight is 548 g/mol. The number of aliphatic hydroxyl groups is 1. The first-order valence-corrected chi connectivity index (χ1v) is 11.3. The van der Waals surface area contributed by atoms with Crippen molar-refractivity contribution in [2.45, 2.75) is 30.8 Å². The summed E-state index contributed by atoms with van der Waals surface area (Å²) < 4.78 is 54.5. The van der Waals surface area contributed by atoms with Gasteiger partial charge in [0.1, 0.15) is 11.3 Å². The lowest BCUT2D eigenvalue weighted by atomic mass is 10.1. The maximum absolute atomic E-state index is 14.4. The number of thioether (sulfide) groups is 1. The summed E-state index contributed by atoms with van der Waals surface area (Å²) in [5.74, 6) is 3.48. The molecule has 3 rings (SSSR count). The molecule has 0 spiro atoms. The van der Waals surface area contributed by atoms with Gasteiger partial charge in [-0.05, 0) is 54.6 Å². The standard InChI is InChI=1S/C21H15Cl2F4N5O2S/c1-20(2,34)8-7-11-3-6-15(13(22)9-11)28-16(33)10-35-19-29-30-31-32(19)18-14(24)5-4-12(17(18)23)21(25,26)27/h3-6,9,34H,10H2,1-2H3,(H,28,33). The van der Waals surface area contributed by atoms with Crippen molar-refractivity contribution in [3.05, 3.63) is 57.3 Å². The number of hydrogen-bond acceptors (Lipinski definition) is 6. The number of alkyl halides is 3. The number of carbonyl (C=O) groups is 1. The SMILES string of the molecule is CC(C)(O)C#Cc1ccc(NC(=O)CSc2nnnn2-c2c(F)ccc(C(F)(F)F)c2Cl)c(Cl)c1. The second-order valence-electron chi connectivity index (χ2n) is 7.47. The number of benzene rings is 2. The van der Waals surface area contributed by atoms with Gasteiger partial charge in [-0.15, -0.1) is 5.10 Å². The molecular formula is C21H15Cl2F4N5O2S. The van der Waals surface area contributed by atoms with E-state index in [1.54, 1.807) is 6.07 Å². The Hall–Kier alpha value is -2.85. The maximum atomic E-state index is 14.4. The summed E-state index contributed by atoms with van der Waals surface area (Å²) in [7, 11) is 0. The quantitative estimate of drug-likeness (QED) is 0.266. The number of tetrazole rings is 1. The lowest BCUT2D eigenvalue weighted by Gasteiger charge is -2.13. The molecule has 0 saturated heterocycles. The van der Waals surface area contributed by atoms with Gasteiger partial charge in [-0.25, -0.2) is 4.39 Å². The van der Waals surface area contributed by atoms with Crippen LogP contribution in [-0.2, 0) is 11.0 Å². The minimum absolute atomic E-state index is 0.163. The molecule has 1 amide bonds. The van der Waals surface area contributed by atoms with E-state index in [0.29, 0.717) is 22.4 Å². The summed E-state index contributed by atoms with van der Waals surface area (Å²) in [5.41, 5.74) is -2.35. The molecule has 184 valence electrons. The molecule has 0 saturated carbocycles. The summed E-state index contributed by atoms with van der Waals surface area (Å²) in [6, 6.07) is 5.72. The van der Waals surface area contributed by atoms with E-state index in [1.165, 1.54) is 26.0 Å². The summed E-state index contributed by atoms with van der Waals surface area (Å²) in [6.07, 6.45) is -4.82. The zero-order valence-electron chi connectivity index (χ0n) is 17.9. The number of aromatic nitrogens is 4.